The van der Waals surface area contributed by atoms with Crippen LogP contribution in [0.5, 0.6) is 0 Å². The van der Waals surface area contributed by atoms with Gasteiger partial charge in [-0.3, -0.25) is 0 Å². The van der Waals surface area contributed by atoms with Crippen LogP contribution in [-0.4, -0.2) is 45.4 Å². The molecule has 5 nitrogen and oxygen atoms in total. The summed E-state index contributed by atoms with van der Waals surface area (Å²) in [6.45, 7) is 4.37. The molecule has 6 heteroatoms. The first-order valence-corrected chi connectivity index (χ1v) is 7.89. The lowest BCUT2D eigenvalue weighted by molar-refractivity contribution is 0.268. The van der Waals surface area contributed by atoms with Gasteiger partial charge in [0.1, 0.15) is 0 Å². The third kappa shape index (κ3) is 3.40. The van der Waals surface area contributed by atoms with Gasteiger partial charge in [0, 0.05) is 19.1 Å². The second-order valence-corrected chi connectivity index (χ2v) is 7.04. The Hall–Kier alpha value is -0.170. The second-order valence-electron chi connectivity index (χ2n) is 5.34. The number of rotatable bonds is 5. The predicted molar refractivity (Wildman–Crippen MR) is 67.8 cm³/mol. The molecule has 17 heavy (non-hydrogen) atoms. The fraction of sp³-hybridized carbons (Fsp3) is 1.00. The van der Waals surface area contributed by atoms with Crippen molar-refractivity contribution in [3.8, 4) is 0 Å². The molecule has 0 radical (unpaired) electrons. The zero-order valence-corrected chi connectivity index (χ0v) is 11.5. The average Bonchev–Trinajstić information content (AvgIpc) is 2.94. The van der Waals surface area contributed by atoms with Crippen LogP contribution in [0.2, 0.25) is 0 Å². The van der Waals surface area contributed by atoms with Gasteiger partial charge in [0.25, 0.3) is 10.2 Å². The molecule has 2 N–H and O–H groups in total. The van der Waals surface area contributed by atoms with Gasteiger partial charge in [0.2, 0.25) is 0 Å². The zero-order chi connectivity index (χ0) is 12.5. The lowest BCUT2D eigenvalue weighted by Gasteiger charge is -2.31. The lowest BCUT2D eigenvalue weighted by Crippen LogP contribution is -2.46. The molecule has 0 aromatic heterocycles. The van der Waals surface area contributed by atoms with Crippen LogP contribution >= 0.6 is 0 Å². The normalized spacial score (nSPS) is 31.6. The van der Waals surface area contributed by atoms with E-state index < -0.39 is 10.2 Å². The molecule has 1 saturated carbocycles. The smallest absolute Gasteiger partial charge is 0.279 e. The zero-order valence-electron chi connectivity index (χ0n) is 10.6. The van der Waals surface area contributed by atoms with Gasteiger partial charge in [-0.1, -0.05) is 6.92 Å². The Bertz CT molecular complexity index is 350. The Balaban J connectivity index is 1.82. The first kappa shape index (κ1) is 13.3. The van der Waals surface area contributed by atoms with Gasteiger partial charge in [0.15, 0.2) is 0 Å². The van der Waals surface area contributed by atoms with E-state index in [9.17, 15) is 8.42 Å². The molecule has 2 fully saturated rings. The van der Waals surface area contributed by atoms with Crippen LogP contribution in [0.25, 0.3) is 0 Å². The summed E-state index contributed by atoms with van der Waals surface area (Å²) in [6, 6.07) is 0.176. The molecule has 1 heterocycles. The van der Waals surface area contributed by atoms with E-state index in [-0.39, 0.29) is 6.04 Å². The van der Waals surface area contributed by atoms with Crippen LogP contribution in [0, 0.1) is 11.8 Å². The minimum absolute atomic E-state index is 0.176. The van der Waals surface area contributed by atoms with Crippen molar-refractivity contribution in [1.82, 2.24) is 14.3 Å². The monoisotopic (exact) mass is 261 g/mol. The van der Waals surface area contributed by atoms with Crippen LogP contribution in [0.1, 0.15) is 26.2 Å². The van der Waals surface area contributed by atoms with Crippen molar-refractivity contribution in [2.45, 2.75) is 32.2 Å². The van der Waals surface area contributed by atoms with E-state index >= 15 is 0 Å². The van der Waals surface area contributed by atoms with Crippen molar-refractivity contribution in [2.24, 2.45) is 11.8 Å². The van der Waals surface area contributed by atoms with Crippen LogP contribution in [0.4, 0.5) is 0 Å². The molecule has 1 saturated heterocycles. The van der Waals surface area contributed by atoms with Crippen LogP contribution < -0.4 is 10.0 Å². The molecular formula is C11H23N3O2S. The quantitative estimate of drug-likeness (QED) is 0.741. The topological polar surface area (TPSA) is 61.4 Å². The molecule has 1 aliphatic heterocycles. The summed E-state index contributed by atoms with van der Waals surface area (Å²) in [5, 5.41) is 3.16. The first-order valence-electron chi connectivity index (χ1n) is 6.45. The van der Waals surface area contributed by atoms with Gasteiger partial charge < -0.3 is 5.32 Å². The van der Waals surface area contributed by atoms with E-state index in [1.165, 1.54) is 0 Å². The molecule has 0 spiro atoms. The van der Waals surface area contributed by atoms with Crippen molar-refractivity contribution < 1.29 is 8.42 Å². The van der Waals surface area contributed by atoms with Crippen LogP contribution in [0.3, 0.4) is 0 Å². The van der Waals surface area contributed by atoms with Gasteiger partial charge in [-0.05, 0) is 44.7 Å². The summed E-state index contributed by atoms with van der Waals surface area (Å²) >= 11 is 0. The Morgan fingerprint density at radius 1 is 1.29 bits per heavy atom. The second kappa shape index (κ2) is 5.22. The molecule has 100 valence electrons. The fourth-order valence-corrected chi connectivity index (χ4v) is 3.95. The van der Waals surface area contributed by atoms with Crippen molar-refractivity contribution in [1.29, 1.82) is 0 Å². The number of nitrogens with one attached hydrogen (secondary N) is 2. The molecule has 2 rings (SSSR count). The average molecular weight is 261 g/mol. The van der Waals surface area contributed by atoms with E-state index in [1.807, 2.05) is 7.05 Å². The summed E-state index contributed by atoms with van der Waals surface area (Å²) in [6.07, 6.45) is 2.90. The number of hydrogen-bond donors (Lipinski definition) is 2. The van der Waals surface area contributed by atoms with E-state index in [4.69, 9.17) is 0 Å². The molecule has 0 aromatic carbocycles. The Labute approximate surface area is 104 Å². The summed E-state index contributed by atoms with van der Waals surface area (Å²) < 4.78 is 28.5. The highest BCUT2D eigenvalue weighted by atomic mass is 32.2. The van der Waals surface area contributed by atoms with E-state index in [1.54, 1.807) is 4.31 Å². The highest BCUT2D eigenvalue weighted by molar-refractivity contribution is 7.87. The van der Waals surface area contributed by atoms with Crippen molar-refractivity contribution >= 4 is 10.2 Å². The third-order valence-corrected chi connectivity index (χ3v) is 5.46. The van der Waals surface area contributed by atoms with E-state index in [0.717, 1.165) is 25.8 Å². The Kier molecular flexibility index (Phi) is 4.07. The minimum atomic E-state index is -3.23. The van der Waals surface area contributed by atoms with Crippen LogP contribution in [0.15, 0.2) is 0 Å². The van der Waals surface area contributed by atoms with Gasteiger partial charge >= 0.3 is 0 Å². The fourth-order valence-electron chi connectivity index (χ4n) is 2.39. The lowest BCUT2D eigenvalue weighted by atomic mass is 9.98. The highest BCUT2D eigenvalue weighted by Crippen LogP contribution is 2.30. The maximum absolute atomic E-state index is 12.0. The largest absolute Gasteiger partial charge is 0.319 e. The Morgan fingerprint density at radius 2 is 1.88 bits per heavy atom. The molecule has 2 unspecified atom stereocenters. The molecule has 1 aliphatic carbocycles. The number of hydrogen-bond acceptors (Lipinski definition) is 3. The molecule has 2 aliphatic rings. The third-order valence-electron chi connectivity index (χ3n) is 3.82. The highest BCUT2D eigenvalue weighted by Gasteiger charge is 2.38. The molecule has 2 atom stereocenters. The van der Waals surface area contributed by atoms with Gasteiger partial charge in [0.05, 0.1) is 0 Å². The molecular weight excluding hydrogens is 238 g/mol. The SMILES string of the molecule is CNCC1CCN(S(=O)(=O)NC2CC2C)CC1. The van der Waals surface area contributed by atoms with Crippen molar-refractivity contribution in [2.75, 3.05) is 26.7 Å². The van der Waals surface area contributed by atoms with Gasteiger partial charge in [-0.2, -0.15) is 17.4 Å². The summed E-state index contributed by atoms with van der Waals surface area (Å²) in [7, 11) is -1.28. The summed E-state index contributed by atoms with van der Waals surface area (Å²) in [4.78, 5) is 0. The van der Waals surface area contributed by atoms with Gasteiger partial charge in [-0.15, -0.1) is 0 Å². The summed E-state index contributed by atoms with van der Waals surface area (Å²) in [5.41, 5.74) is 0. The standard InChI is InChI=1S/C11H23N3O2S/c1-9-7-11(9)13-17(15,16)14-5-3-10(4-6-14)8-12-2/h9-13H,3-8H2,1-2H3. The van der Waals surface area contributed by atoms with Crippen LogP contribution in [-0.2, 0) is 10.2 Å². The van der Waals surface area contributed by atoms with E-state index in [2.05, 4.69) is 17.0 Å². The number of nitrogens with zero attached hydrogens (tertiary/aromatic N) is 1. The maximum Gasteiger partial charge on any atom is 0.279 e. The Morgan fingerprint density at radius 3 is 2.35 bits per heavy atom. The minimum Gasteiger partial charge on any atom is -0.319 e. The molecule has 0 bridgehead atoms. The van der Waals surface area contributed by atoms with E-state index in [0.29, 0.717) is 24.9 Å². The maximum atomic E-state index is 12.0. The molecule has 0 amide bonds. The first-order chi connectivity index (χ1) is 8.03. The van der Waals surface area contributed by atoms with Crippen molar-refractivity contribution in [3.05, 3.63) is 0 Å². The predicted octanol–water partition coefficient (Wildman–Crippen LogP) is 0.161. The molecule has 0 aromatic rings. The summed E-state index contributed by atoms with van der Waals surface area (Å²) in [5.74, 6) is 1.12. The van der Waals surface area contributed by atoms with Crippen molar-refractivity contribution in [3.63, 3.8) is 0 Å². The number of piperidine rings is 1. The van der Waals surface area contributed by atoms with Gasteiger partial charge in [-0.25, -0.2) is 0 Å².